The van der Waals surface area contributed by atoms with E-state index >= 15 is 0 Å². The van der Waals surface area contributed by atoms with Crippen molar-refractivity contribution in [3.8, 4) is 0 Å². The van der Waals surface area contributed by atoms with Crippen LogP contribution in [0.5, 0.6) is 0 Å². The van der Waals surface area contributed by atoms with Crippen LogP contribution >= 0.6 is 0 Å². The molecule has 0 bridgehead atoms. The molecule has 4 nitrogen and oxygen atoms in total. The van der Waals surface area contributed by atoms with Crippen LogP contribution < -0.4 is 5.32 Å². The average molecular weight is 290 g/mol. The van der Waals surface area contributed by atoms with Crippen molar-refractivity contribution < 1.29 is 27.2 Å². The van der Waals surface area contributed by atoms with Gasteiger partial charge in [-0.15, -0.1) is 0 Å². The Kier molecular flexibility index (Phi) is 3.41. The number of benzene rings is 1. The molecule has 0 spiro atoms. The van der Waals surface area contributed by atoms with Gasteiger partial charge in [-0.05, 0) is 18.2 Å². The number of anilines is 1. The Morgan fingerprint density at radius 1 is 1.30 bits per heavy atom. The number of imide groups is 1. The normalized spacial score (nSPS) is 19.6. The molecule has 0 saturated carbocycles. The molecule has 20 heavy (non-hydrogen) atoms. The molecule has 1 saturated heterocycles. The molecule has 0 aliphatic carbocycles. The van der Waals surface area contributed by atoms with Gasteiger partial charge in [-0.25, -0.2) is 4.39 Å². The van der Waals surface area contributed by atoms with E-state index < -0.39 is 35.4 Å². The van der Waals surface area contributed by atoms with Gasteiger partial charge < -0.3 is 5.32 Å². The summed E-state index contributed by atoms with van der Waals surface area (Å²) in [5.41, 5.74) is -1.37. The Morgan fingerprint density at radius 2 is 1.95 bits per heavy atom. The number of carbonyl (C=O) groups excluding carboxylic acids is 2. The summed E-state index contributed by atoms with van der Waals surface area (Å²) in [6, 6.07) is 0.983. The molecule has 2 amide bonds. The highest BCUT2D eigenvalue weighted by Gasteiger charge is 2.37. The number of hydrogen-bond donors (Lipinski definition) is 1. The maximum Gasteiger partial charge on any atom is 0.416 e. The molecule has 1 fully saturated rings. The maximum absolute atomic E-state index is 13.6. The average Bonchev–Trinajstić information content (AvgIpc) is 2.58. The summed E-state index contributed by atoms with van der Waals surface area (Å²) in [4.78, 5) is 23.8. The zero-order valence-corrected chi connectivity index (χ0v) is 10.3. The standard InChI is InChI=1S/C12H10F4N2O2/c1-18-10(19)5-9(11(18)20)17-8-3-2-6(4-7(8)13)12(14,15)16/h2-4,9,17H,5H2,1H3. The van der Waals surface area contributed by atoms with E-state index in [4.69, 9.17) is 0 Å². The van der Waals surface area contributed by atoms with Crippen LogP contribution in [-0.4, -0.2) is 29.8 Å². The zero-order valence-electron chi connectivity index (χ0n) is 10.3. The monoisotopic (exact) mass is 290 g/mol. The van der Waals surface area contributed by atoms with Crippen LogP contribution in [0.25, 0.3) is 0 Å². The highest BCUT2D eigenvalue weighted by Crippen LogP contribution is 2.31. The van der Waals surface area contributed by atoms with Gasteiger partial charge in [0.25, 0.3) is 5.91 Å². The fourth-order valence-electron chi connectivity index (χ4n) is 1.86. The second-order valence-electron chi connectivity index (χ2n) is 4.38. The van der Waals surface area contributed by atoms with Crippen LogP contribution in [0.15, 0.2) is 18.2 Å². The summed E-state index contributed by atoms with van der Waals surface area (Å²) in [5.74, 6) is -2.11. The van der Waals surface area contributed by atoms with Gasteiger partial charge in [0.1, 0.15) is 11.9 Å². The lowest BCUT2D eigenvalue weighted by molar-refractivity contribution is -0.138. The van der Waals surface area contributed by atoms with Gasteiger partial charge in [0, 0.05) is 7.05 Å². The molecule has 8 heteroatoms. The van der Waals surface area contributed by atoms with Gasteiger partial charge in [-0.2, -0.15) is 13.2 Å². The highest BCUT2D eigenvalue weighted by atomic mass is 19.4. The van der Waals surface area contributed by atoms with Gasteiger partial charge in [0.05, 0.1) is 17.7 Å². The minimum Gasteiger partial charge on any atom is -0.371 e. The Balaban J connectivity index is 2.19. The lowest BCUT2D eigenvalue weighted by atomic mass is 10.1. The first-order valence-electron chi connectivity index (χ1n) is 5.64. The van der Waals surface area contributed by atoms with Gasteiger partial charge in [0.2, 0.25) is 5.91 Å². The lowest BCUT2D eigenvalue weighted by Gasteiger charge is -2.14. The first-order valence-corrected chi connectivity index (χ1v) is 5.64. The molecule has 1 aliphatic rings. The summed E-state index contributed by atoms with van der Waals surface area (Å²) in [5, 5.41) is 2.44. The Hall–Kier alpha value is -2.12. The largest absolute Gasteiger partial charge is 0.416 e. The fraction of sp³-hybridized carbons (Fsp3) is 0.333. The van der Waals surface area contributed by atoms with Crippen LogP contribution in [0.3, 0.4) is 0 Å². The number of likely N-dealkylation sites (N-methyl/N-ethyl adjacent to an activating group) is 1. The van der Waals surface area contributed by atoms with Crippen molar-refractivity contribution in [1.29, 1.82) is 0 Å². The highest BCUT2D eigenvalue weighted by molar-refractivity contribution is 6.06. The van der Waals surface area contributed by atoms with Crippen molar-refractivity contribution in [2.75, 3.05) is 12.4 Å². The van der Waals surface area contributed by atoms with E-state index in [1.165, 1.54) is 7.05 Å². The van der Waals surface area contributed by atoms with Crippen molar-refractivity contribution >= 4 is 17.5 Å². The number of halogens is 4. The van der Waals surface area contributed by atoms with E-state index in [0.29, 0.717) is 12.1 Å². The minimum absolute atomic E-state index is 0.157. The predicted molar refractivity (Wildman–Crippen MR) is 61.2 cm³/mol. The second kappa shape index (κ2) is 4.77. The number of nitrogens with zero attached hydrogens (tertiary/aromatic N) is 1. The quantitative estimate of drug-likeness (QED) is 0.669. The third kappa shape index (κ3) is 2.59. The number of hydrogen-bond acceptors (Lipinski definition) is 3. The lowest BCUT2D eigenvalue weighted by Crippen LogP contribution is -2.32. The second-order valence-corrected chi connectivity index (χ2v) is 4.38. The van der Waals surface area contributed by atoms with E-state index in [-0.39, 0.29) is 12.1 Å². The summed E-state index contributed by atoms with van der Waals surface area (Å²) < 4.78 is 50.7. The molecule has 1 atom stereocenters. The van der Waals surface area contributed by atoms with Crippen molar-refractivity contribution in [2.45, 2.75) is 18.6 Å². The molecular weight excluding hydrogens is 280 g/mol. The summed E-state index contributed by atoms with van der Waals surface area (Å²) in [6.45, 7) is 0. The van der Waals surface area contributed by atoms with E-state index in [2.05, 4.69) is 5.32 Å². The van der Waals surface area contributed by atoms with Crippen LogP contribution in [0.2, 0.25) is 0 Å². The van der Waals surface area contributed by atoms with Crippen LogP contribution in [0.4, 0.5) is 23.2 Å². The van der Waals surface area contributed by atoms with Crippen LogP contribution in [0.1, 0.15) is 12.0 Å². The molecule has 1 N–H and O–H groups in total. The maximum atomic E-state index is 13.6. The van der Waals surface area contributed by atoms with Crippen molar-refractivity contribution in [3.05, 3.63) is 29.6 Å². The number of amides is 2. The van der Waals surface area contributed by atoms with Gasteiger partial charge in [-0.3, -0.25) is 14.5 Å². The van der Waals surface area contributed by atoms with Gasteiger partial charge in [0.15, 0.2) is 0 Å². The number of rotatable bonds is 2. The van der Waals surface area contributed by atoms with Crippen LogP contribution in [-0.2, 0) is 15.8 Å². The SMILES string of the molecule is CN1C(=O)CC(Nc2ccc(C(F)(F)F)cc2F)C1=O. The van der Waals surface area contributed by atoms with Crippen molar-refractivity contribution in [2.24, 2.45) is 0 Å². The van der Waals surface area contributed by atoms with Gasteiger partial charge >= 0.3 is 6.18 Å². The third-order valence-electron chi connectivity index (χ3n) is 3.01. The summed E-state index contributed by atoms with van der Waals surface area (Å²) >= 11 is 0. The molecule has 0 aromatic heterocycles. The van der Waals surface area contributed by atoms with E-state index in [1.54, 1.807) is 0 Å². The Labute approximate surface area is 111 Å². The van der Waals surface area contributed by atoms with E-state index in [0.717, 1.165) is 11.0 Å². The molecular formula is C12H10F4N2O2. The first-order chi connectivity index (χ1) is 9.20. The molecule has 1 aromatic rings. The fourth-order valence-corrected chi connectivity index (χ4v) is 1.86. The minimum atomic E-state index is -4.64. The Bertz CT molecular complexity index is 571. The third-order valence-corrected chi connectivity index (χ3v) is 3.01. The van der Waals surface area contributed by atoms with Crippen molar-refractivity contribution in [1.82, 2.24) is 4.90 Å². The molecule has 108 valence electrons. The molecule has 0 radical (unpaired) electrons. The topological polar surface area (TPSA) is 49.4 Å². The molecule has 1 aromatic carbocycles. The zero-order chi connectivity index (χ0) is 15.1. The number of alkyl halides is 3. The van der Waals surface area contributed by atoms with E-state index in [9.17, 15) is 27.2 Å². The predicted octanol–water partition coefficient (Wildman–Crippen LogP) is 2.01. The summed E-state index contributed by atoms with van der Waals surface area (Å²) in [6.07, 6.45) is -4.80. The number of likely N-dealkylation sites (tertiary alicyclic amines) is 1. The molecule has 1 unspecified atom stereocenters. The molecule has 1 heterocycles. The molecule has 1 aliphatic heterocycles. The van der Waals surface area contributed by atoms with Gasteiger partial charge in [-0.1, -0.05) is 0 Å². The Morgan fingerprint density at radius 3 is 2.40 bits per heavy atom. The number of nitrogens with one attached hydrogen (secondary N) is 1. The first kappa shape index (κ1) is 14.3. The number of carbonyl (C=O) groups is 2. The van der Waals surface area contributed by atoms with Crippen LogP contribution in [0, 0.1) is 5.82 Å². The van der Waals surface area contributed by atoms with E-state index in [1.807, 2.05) is 0 Å². The smallest absolute Gasteiger partial charge is 0.371 e. The molecule has 2 rings (SSSR count). The van der Waals surface area contributed by atoms with Crippen molar-refractivity contribution in [3.63, 3.8) is 0 Å². The summed E-state index contributed by atoms with van der Waals surface area (Å²) in [7, 11) is 1.29.